The van der Waals surface area contributed by atoms with Gasteiger partial charge in [-0.05, 0) is 50.9 Å². The fourth-order valence-corrected chi connectivity index (χ4v) is 4.05. The van der Waals surface area contributed by atoms with E-state index in [1.807, 2.05) is 26.8 Å². The Morgan fingerprint density at radius 3 is 2.25 bits per heavy atom. The summed E-state index contributed by atoms with van der Waals surface area (Å²) in [6, 6.07) is 10.5. The number of carbonyl (C=O) groups is 1. The second kappa shape index (κ2) is 8.98. The van der Waals surface area contributed by atoms with Crippen molar-refractivity contribution in [1.29, 1.82) is 0 Å². The summed E-state index contributed by atoms with van der Waals surface area (Å²) in [6.07, 6.45) is 8.49. The summed E-state index contributed by atoms with van der Waals surface area (Å²) < 4.78 is 0. The highest BCUT2D eigenvalue weighted by molar-refractivity contribution is 5.89. The molecule has 0 aliphatic carbocycles. The number of carbonyl (C=O) groups excluding carboxylic acids is 1. The van der Waals surface area contributed by atoms with Crippen LogP contribution in [0.25, 0.3) is 0 Å². The van der Waals surface area contributed by atoms with Crippen LogP contribution in [-0.4, -0.2) is 29.8 Å². The third-order valence-electron chi connectivity index (χ3n) is 5.14. The Morgan fingerprint density at radius 2 is 1.75 bits per heavy atom. The maximum absolute atomic E-state index is 12.9. The molecule has 3 saturated heterocycles. The average molecular weight is 325 g/mol. The zero-order valence-electron chi connectivity index (χ0n) is 15.5. The van der Waals surface area contributed by atoms with Crippen molar-refractivity contribution in [2.24, 2.45) is 5.92 Å². The first-order chi connectivity index (χ1) is 11.8. The molecule has 0 aromatic heterocycles. The third kappa shape index (κ3) is 3.70. The highest BCUT2D eigenvalue weighted by Crippen LogP contribution is 2.40. The van der Waals surface area contributed by atoms with Crippen LogP contribution in [-0.2, 0) is 4.79 Å². The predicted octanol–water partition coefficient (Wildman–Crippen LogP) is 4.98. The van der Waals surface area contributed by atoms with Crippen molar-refractivity contribution in [3.63, 3.8) is 0 Å². The van der Waals surface area contributed by atoms with E-state index < -0.39 is 0 Å². The highest BCUT2D eigenvalue weighted by Gasteiger charge is 2.45. The van der Waals surface area contributed by atoms with Crippen molar-refractivity contribution in [3.05, 3.63) is 59.7 Å². The predicted molar refractivity (Wildman–Crippen MR) is 102 cm³/mol. The number of Topliss-reactive ketones (excluding diaryl/α,β-unsaturated/α-hetero) is 1. The second-order valence-electron chi connectivity index (χ2n) is 6.33. The van der Waals surface area contributed by atoms with Gasteiger partial charge in [-0.3, -0.25) is 9.69 Å². The summed E-state index contributed by atoms with van der Waals surface area (Å²) in [4.78, 5) is 15.3. The van der Waals surface area contributed by atoms with Gasteiger partial charge in [0.05, 0.1) is 6.04 Å². The monoisotopic (exact) mass is 325 g/mol. The average Bonchev–Trinajstić information content (AvgIpc) is 2.66. The number of fused-ring (bicyclic) bond motifs is 3. The minimum atomic E-state index is 0.0114. The first kappa shape index (κ1) is 18.7. The van der Waals surface area contributed by atoms with Crippen LogP contribution in [0.3, 0.4) is 0 Å². The van der Waals surface area contributed by atoms with Crippen molar-refractivity contribution < 1.29 is 4.79 Å². The van der Waals surface area contributed by atoms with E-state index in [-0.39, 0.29) is 17.9 Å². The summed E-state index contributed by atoms with van der Waals surface area (Å²) in [7, 11) is 0. The smallest absolute Gasteiger partial charge is 0.154 e. The molecule has 3 heterocycles. The highest BCUT2D eigenvalue weighted by atomic mass is 16.1. The summed E-state index contributed by atoms with van der Waals surface area (Å²) >= 11 is 0. The van der Waals surface area contributed by atoms with Crippen LogP contribution < -0.4 is 0 Å². The van der Waals surface area contributed by atoms with Crippen molar-refractivity contribution in [2.75, 3.05) is 13.1 Å². The van der Waals surface area contributed by atoms with Gasteiger partial charge in [-0.2, -0.15) is 0 Å². The lowest BCUT2D eigenvalue weighted by Gasteiger charge is -2.47. The molecule has 2 heteroatoms. The number of piperidine rings is 3. The zero-order chi connectivity index (χ0) is 17.5. The number of hydrogen-bond donors (Lipinski definition) is 0. The lowest BCUT2D eigenvalue weighted by Crippen LogP contribution is -2.57. The maximum atomic E-state index is 12.9. The molecule has 3 fully saturated rings. The van der Waals surface area contributed by atoms with Crippen LogP contribution in [0.5, 0.6) is 0 Å². The lowest BCUT2D eigenvalue weighted by molar-refractivity contribution is -0.137. The van der Waals surface area contributed by atoms with Crippen molar-refractivity contribution in [1.82, 2.24) is 4.90 Å². The van der Waals surface area contributed by atoms with E-state index in [2.05, 4.69) is 54.3 Å². The zero-order valence-corrected chi connectivity index (χ0v) is 15.5. The molecule has 0 N–H and O–H groups in total. The maximum Gasteiger partial charge on any atom is 0.154 e. The van der Waals surface area contributed by atoms with Crippen LogP contribution in [0.1, 0.15) is 52.0 Å². The minimum Gasteiger partial charge on any atom is -0.298 e. The number of nitrogens with zero attached hydrogens (tertiary/aromatic N) is 1. The summed E-state index contributed by atoms with van der Waals surface area (Å²) in [5.41, 5.74) is 2.50. The van der Waals surface area contributed by atoms with Crippen molar-refractivity contribution in [2.45, 2.75) is 52.5 Å². The van der Waals surface area contributed by atoms with Crippen LogP contribution in [0.15, 0.2) is 54.1 Å². The van der Waals surface area contributed by atoms with Crippen LogP contribution in [0.2, 0.25) is 0 Å². The van der Waals surface area contributed by atoms with E-state index >= 15 is 0 Å². The first-order valence-corrected chi connectivity index (χ1v) is 9.38. The van der Waals surface area contributed by atoms with Crippen LogP contribution in [0.4, 0.5) is 0 Å². The molecule has 0 saturated carbocycles. The normalized spacial score (nSPS) is 27.8. The SMILES string of the molecule is C/C=C\C(=C/C)C(c1ccccc1)C1C(=O)C2CCN1CC2.CC. The van der Waals surface area contributed by atoms with Gasteiger partial charge in [0.25, 0.3) is 0 Å². The number of benzene rings is 1. The number of ketones is 1. The Balaban J connectivity index is 0.00000100. The van der Waals surface area contributed by atoms with Gasteiger partial charge in [0.2, 0.25) is 0 Å². The summed E-state index contributed by atoms with van der Waals surface area (Å²) in [6.45, 7) is 10.3. The van der Waals surface area contributed by atoms with E-state index in [1.54, 1.807) is 0 Å². The molecule has 4 rings (SSSR count). The molecule has 2 bridgehead atoms. The molecule has 0 radical (unpaired) electrons. The molecule has 1 aromatic rings. The molecule has 3 aliphatic rings. The molecule has 2 nitrogen and oxygen atoms in total. The summed E-state index contributed by atoms with van der Waals surface area (Å²) in [5, 5.41) is 0. The summed E-state index contributed by atoms with van der Waals surface area (Å²) in [5.74, 6) is 0.887. The van der Waals surface area contributed by atoms with Gasteiger partial charge in [0.1, 0.15) is 0 Å². The van der Waals surface area contributed by atoms with Crippen molar-refractivity contribution >= 4 is 5.78 Å². The molecule has 2 unspecified atom stereocenters. The van der Waals surface area contributed by atoms with Gasteiger partial charge in [-0.15, -0.1) is 0 Å². The Morgan fingerprint density at radius 1 is 1.12 bits per heavy atom. The second-order valence-corrected chi connectivity index (χ2v) is 6.33. The fourth-order valence-electron chi connectivity index (χ4n) is 4.05. The van der Waals surface area contributed by atoms with Gasteiger partial charge in [-0.25, -0.2) is 0 Å². The lowest BCUT2D eigenvalue weighted by atomic mass is 9.72. The van der Waals surface area contributed by atoms with E-state index in [0.29, 0.717) is 5.78 Å². The van der Waals surface area contributed by atoms with Crippen molar-refractivity contribution in [3.8, 4) is 0 Å². The van der Waals surface area contributed by atoms with E-state index in [4.69, 9.17) is 0 Å². The quantitative estimate of drug-likeness (QED) is 0.728. The molecule has 130 valence electrons. The molecule has 24 heavy (non-hydrogen) atoms. The molecule has 1 aromatic carbocycles. The van der Waals surface area contributed by atoms with Gasteiger partial charge in [0.15, 0.2) is 5.78 Å². The third-order valence-corrected chi connectivity index (χ3v) is 5.14. The van der Waals surface area contributed by atoms with E-state index in [1.165, 1.54) is 11.1 Å². The standard InChI is InChI=1S/C20H25NO.C2H6/c1-3-8-15(4-2)18(16-9-6-5-7-10-16)19-20(22)17-11-13-21(19)14-12-17;1-2/h3-10,17-19H,11-14H2,1-2H3;1-2H3/b8-3-,15-4+;. The van der Waals surface area contributed by atoms with E-state index in [9.17, 15) is 4.79 Å². The van der Waals surface area contributed by atoms with Gasteiger partial charge >= 0.3 is 0 Å². The van der Waals surface area contributed by atoms with E-state index in [0.717, 1.165) is 25.9 Å². The minimum absolute atomic E-state index is 0.0114. The van der Waals surface area contributed by atoms with Crippen LogP contribution >= 0.6 is 0 Å². The molecular formula is C22H31NO. The Kier molecular flexibility index (Phi) is 6.99. The molecule has 3 aliphatic heterocycles. The molecule has 0 amide bonds. The van der Waals surface area contributed by atoms with Gasteiger partial charge in [0, 0.05) is 11.8 Å². The Bertz CT molecular complexity index is 579. The molecular weight excluding hydrogens is 294 g/mol. The number of hydrogen-bond acceptors (Lipinski definition) is 2. The Labute approximate surface area is 147 Å². The van der Waals surface area contributed by atoms with Gasteiger partial charge in [-0.1, -0.05) is 62.4 Å². The number of allylic oxidation sites excluding steroid dienone is 3. The molecule has 0 spiro atoms. The fraction of sp³-hybridized carbons (Fsp3) is 0.500. The van der Waals surface area contributed by atoms with Gasteiger partial charge < -0.3 is 0 Å². The topological polar surface area (TPSA) is 20.3 Å². The van der Waals surface area contributed by atoms with Crippen LogP contribution in [0, 0.1) is 5.92 Å². The largest absolute Gasteiger partial charge is 0.298 e. The first-order valence-electron chi connectivity index (χ1n) is 9.38. The number of rotatable bonds is 4. The molecule has 2 atom stereocenters. The Hall–Kier alpha value is -1.67.